The Hall–Kier alpha value is -2.05. The highest BCUT2D eigenvalue weighted by molar-refractivity contribution is 7.74. The third-order valence-electron chi connectivity index (χ3n) is 2.37. The van der Waals surface area contributed by atoms with Crippen LogP contribution >= 0.6 is 0 Å². The van der Waals surface area contributed by atoms with E-state index in [9.17, 15) is 4.21 Å². The van der Waals surface area contributed by atoms with Crippen molar-refractivity contribution in [2.75, 3.05) is 5.73 Å². The smallest absolute Gasteiger partial charge is 0.357 e. The summed E-state index contributed by atoms with van der Waals surface area (Å²) in [5.41, 5.74) is 7.00. The van der Waals surface area contributed by atoms with Crippen LogP contribution in [-0.4, -0.2) is 8.76 Å². The van der Waals surface area contributed by atoms with Crippen molar-refractivity contribution in [3.8, 4) is 11.5 Å². The molecule has 1 unspecified atom stereocenters. The van der Waals surface area contributed by atoms with Crippen LogP contribution in [0.5, 0.6) is 11.5 Å². The zero-order chi connectivity index (χ0) is 13.7. The Morgan fingerprint density at radius 1 is 1.11 bits per heavy atom. The fourth-order valence-electron chi connectivity index (χ4n) is 1.52. The molecule has 0 aromatic heterocycles. The molecule has 0 saturated heterocycles. The standard InChI is InChI=1S/C13H13NO4S/c14-11-6-7-12(13(8-11)18-19(15)16)17-9-10-4-2-1-3-5-10/h1-8H,9,14H2,(H,15,16). The van der Waals surface area contributed by atoms with Gasteiger partial charge in [0.15, 0.2) is 11.5 Å². The predicted octanol–water partition coefficient (Wildman–Crippen LogP) is 2.36. The lowest BCUT2D eigenvalue weighted by Crippen LogP contribution is -2.02. The van der Waals surface area contributed by atoms with Gasteiger partial charge in [0.25, 0.3) is 0 Å². The van der Waals surface area contributed by atoms with Gasteiger partial charge in [-0.1, -0.05) is 30.3 Å². The Morgan fingerprint density at radius 3 is 2.53 bits per heavy atom. The molecule has 5 nitrogen and oxygen atoms in total. The molecule has 3 N–H and O–H groups in total. The van der Waals surface area contributed by atoms with Gasteiger partial charge in [0, 0.05) is 11.8 Å². The lowest BCUT2D eigenvalue weighted by atomic mass is 10.2. The highest BCUT2D eigenvalue weighted by atomic mass is 32.2. The lowest BCUT2D eigenvalue weighted by molar-refractivity contribution is 0.295. The van der Waals surface area contributed by atoms with E-state index in [1.807, 2.05) is 30.3 Å². The Morgan fingerprint density at radius 2 is 1.84 bits per heavy atom. The predicted molar refractivity (Wildman–Crippen MR) is 73.0 cm³/mol. The number of nitrogens with two attached hydrogens (primary N) is 1. The third kappa shape index (κ3) is 3.97. The molecule has 0 heterocycles. The van der Waals surface area contributed by atoms with Gasteiger partial charge in [-0.05, 0) is 17.7 Å². The molecule has 6 heteroatoms. The first kappa shape index (κ1) is 13.4. The van der Waals surface area contributed by atoms with Gasteiger partial charge in [0.2, 0.25) is 0 Å². The average molecular weight is 279 g/mol. The van der Waals surface area contributed by atoms with Gasteiger partial charge in [-0.25, -0.2) is 0 Å². The van der Waals surface area contributed by atoms with Crippen LogP contribution in [0.2, 0.25) is 0 Å². The quantitative estimate of drug-likeness (QED) is 0.648. The minimum atomic E-state index is -2.42. The van der Waals surface area contributed by atoms with Gasteiger partial charge >= 0.3 is 11.4 Å². The molecule has 1 atom stereocenters. The summed E-state index contributed by atoms with van der Waals surface area (Å²) in [7, 11) is 0. The molecule has 2 aromatic carbocycles. The van der Waals surface area contributed by atoms with Crippen LogP contribution in [0.3, 0.4) is 0 Å². The van der Waals surface area contributed by atoms with Crippen molar-refractivity contribution in [3.05, 3.63) is 54.1 Å². The van der Waals surface area contributed by atoms with Crippen molar-refractivity contribution >= 4 is 17.0 Å². The maximum atomic E-state index is 10.7. The average Bonchev–Trinajstić information content (AvgIpc) is 2.38. The van der Waals surface area contributed by atoms with Crippen LogP contribution in [0.4, 0.5) is 5.69 Å². The molecule has 0 aliphatic carbocycles. The molecular formula is C13H13NO4S. The number of rotatable bonds is 5. The summed E-state index contributed by atoms with van der Waals surface area (Å²) in [5, 5.41) is 0. The fraction of sp³-hybridized carbons (Fsp3) is 0.0769. The summed E-state index contributed by atoms with van der Waals surface area (Å²) < 4.78 is 29.7. The molecule has 0 radical (unpaired) electrons. The van der Waals surface area contributed by atoms with Crippen molar-refractivity contribution in [1.29, 1.82) is 0 Å². The Kier molecular flexibility index (Phi) is 4.38. The molecule has 0 aliphatic rings. The summed E-state index contributed by atoms with van der Waals surface area (Å²) in [6, 6.07) is 14.2. The van der Waals surface area contributed by atoms with Crippen LogP contribution < -0.4 is 14.7 Å². The number of anilines is 1. The second-order valence-electron chi connectivity index (χ2n) is 3.78. The Labute approximate surface area is 113 Å². The second kappa shape index (κ2) is 6.21. The zero-order valence-corrected chi connectivity index (χ0v) is 10.8. The van der Waals surface area contributed by atoms with Crippen molar-refractivity contribution < 1.29 is 17.7 Å². The van der Waals surface area contributed by atoms with E-state index in [0.29, 0.717) is 18.0 Å². The number of ether oxygens (including phenoxy) is 1. The summed E-state index contributed by atoms with van der Waals surface area (Å²) in [5.74, 6) is 0.497. The van der Waals surface area contributed by atoms with E-state index in [1.165, 1.54) is 6.07 Å². The first-order chi connectivity index (χ1) is 9.15. The van der Waals surface area contributed by atoms with E-state index in [4.69, 9.17) is 19.2 Å². The van der Waals surface area contributed by atoms with Gasteiger partial charge in [-0.2, -0.15) is 4.21 Å². The SMILES string of the molecule is Nc1ccc(OCc2ccccc2)c(OS(=O)O)c1. The van der Waals surface area contributed by atoms with Gasteiger partial charge in [0.05, 0.1) is 0 Å². The van der Waals surface area contributed by atoms with E-state index in [-0.39, 0.29) is 5.75 Å². The van der Waals surface area contributed by atoms with E-state index in [0.717, 1.165) is 5.56 Å². The van der Waals surface area contributed by atoms with Crippen molar-refractivity contribution in [2.24, 2.45) is 0 Å². The minimum absolute atomic E-state index is 0.136. The first-order valence-corrected chi connectivity index (χ1v) is 6.54. The molecule has 0 bridgehead atoms. The van der Waals surface area contributed by atoms with Crippen LogP contribution in [0, 0.1) is 0 Å². The van der Waals surface area contributed by atoms with Crippen molar-refractivity contribution in [2.45, 2.75) is 6.61 Å². The van der Waals surface area contributed by atoms with Gasteiger partial charge in [-0.3, -0.25) is 4.55 Å². The van der Waals surface area contributed by atoms with Gasteiger partial charge < -0.3 is 14.7 Å². The normalized spacial score (nSPS) is 11.8. The highest BCUT2D eigenvalue weighted by Crippen LogP contribution is 2.30. The summed E-state index contributed by atoms with van der Waals surface area (Å²) in [6.45, 7) is 0.333. The molecule has 19 heavy (non-hydrogen) atoms. The summed E-state index contributed by atoms with van der Waals surface area (Å²) in [4.78, 5) is 0. The molecule has 0 saturated carbocycles. The topological polar surface area (TPSA) is 81.8 Å². The Balaban J connectivity index is 2.13. The fourth-order valence-corrected chi connectivity index (χ4v) is 1.81. The molecule has 0 aliphatic heterocycles. The molecule has 2 rings (SSSR count). The van der Waals surface area contributed by atoms with Crippen LogP contribution in [0.15, 0.2) is 48.5 Å². The maximum absolute atomic E-state index is 10.7. The van der Waals surface area contributed by atoms with Gasteiger partial charge in [0.1, 0.15) is 6.61 Å². The largest absolute Gasteiger partial charge is 0.485 e. The van der Waals surface area contributed by atoms with Gasteiger partial charge in [-0.15, -0.1) is 0 Å². The summed E-state index contributed by atoms with van der Waals surface area (Å²) in [6.07, 6.45) is 0. The highest BCUT2D eigenvalue weighted by Gasteiger charge is 2.09. The van der Waals surface area contributed by atoms with E-state index >= 15 is 0 Å². The second-order valence-corrected chi connectivity index (χ2v) is 4.38. The first-order valence-electron chi connectivity index (χ1n) is 5.50. The Bertz CT molecular complexity index is 574. The third-order valence-corrected chi connectivity index (χ3v) is 2.69. The molecule has 0 spiro atoms. The molecule has 0 fully saturated rings. The van der Waals surface area contributed by atoms with Crippen molar-refractivity contribution in [3.63, 3.8) is 0 Å². The van der Waals surface area contributed by atoms with E-state index in [1.54, 1.807) is 12.1 Å². The number of hydrogen-bond donors (Lipinski definition) is 2. The summed E-state index contributed by atoms with van der Waals surface area (Å²) >= 11 is -2.42. The maximum Gasteiger partial charge on any atom is 0.357 e. The molecule has 2 aromatic rings. The van der Waals surface area contributed by atoms with E-state index < -0.39 is 11.4 Å². The number of nitrogen functional groups attached to an aromatic ring is 1. The number of benzene rings is 2. The van der Waals surface area contributed by atoms with Crippen molar-refractivity contribution in [1.82, 2.24) is 0 Å². The van der Waals surface area contributed by atoms with Crippen LogP contribution in [-0.2, 0) is 18.0 Å². The monoisotopic (exact) mass is 279 g/mol. The minimum Gasteiger partial charge on any atom is -0.485 e. The molecule has 0 amide bonds. The van der Waals surface area contributed by atoms with Crippen LogP contribution in [0.1, 0.15) is 5.56 Å². The lowest BCUT2D eigenvalue weighted by Gasteiger charge is -2.11. The van der Waals surface area contributed by atoms with Crippen LogP contribution in [0.25, 0.3) is 0 Å². The molecular weight excluding hydrogens is 266 g/mol. The molecule has 100 valence electrons. The number of hydrogen-bond acceptors (Lipinski definition) is 4. The zero-order valence-electron chi connectivity index (χ0n) is 9.98. The van der Waals surface area contributed by atoms with E-state index in [2.05, 4.69) is 0 Å².